The number of furan rings is 1. The molecule has 0 aliphatic heterocycles. The fraction of sp³-hybridized carbons (Fsp3) is 0. The number of aromatic nitrogens is 3. The molecule has 49 heavy (non-hydrogen) atoms. The lowest BCUT2D eigenvalue weighted by Gasteiger charge is -2.13. The maximum atomic E-state index is 6.63. The normalized spacial score (nSPS) is 11.7. The highest BCUT2D eigenvalue weighted by Crippen LogP contribution is 2.39. The van der Waals surface area contributed by atoms with Gasteiger partial charge in [0.2, 0.25) is 0 Å². The molecular formula is C45H27N3O. The first-order valence-corrected chi connectivity index (χ1v) is 16.4. The van der Waals surface area contributed by atoms with Gasteiger partial charge in [-0.25, -0.2) is 15.0 Å². The molecule has 0 saturated heterocycles. The molecule has 0 atom stereocenters. The molecule has 10 aromatic rings. The number of fused-ring (bicyclic) bond motifs is 6. The van der Waals surface area contributed by atoms with Crippen molar-refractivity contribution in [3.63, 3.8) is 0 Å². The van der Waals surface area contributed by atoms with Crippen LogP contribution in [0.15, 0.2) is 168 Å². The molecule has 2 heterocycles. The summed E-state index contributed by atoms with van der Waals surface area (Å²) in [7, 11) is 0. The Bertz CT molecular complexity index is 2890. The molecule has 0 N–H and O–H groups in total. The highest BCUT2D eigenvalue weighted by Gasteiger charge is 2.20. The van der Waals surface area contributed by atoms with Crippen molar-refractivity contribution in [1.82, 2.24) is 15.0 Å². The smallest absolute Gasteiger partial charge is 0.167 e. The summed E-state index contributed by atoms with van der Waals surface area (Å²) in [5.74, 6) is 1.79. The van der Waals surface area contributed by atoms with Gasteiger partial charge in [-0.2, -0.15) is 0 Å². The highest BCUT2D eigenvalue weighted by molar-refractivity contribution is 6.13. The molecule has 0 aliphatic carbocycles. The van der Waals surface area contributed by atoms with E-state index in [4.69, 9.17) is 19.4 Å². The SMILES string of the molecule is c1ccc(-c2ccc(-c3nc(-c4ccc5ccccc5c4)nc(-c4cccc5c4oc4cc6ccccc6cc45)n3)c3ccccc23)cc1. The summed E-state index contributed by atoms with van der Waals surface area (Å²) >= 11 is 0. The third-order valence-electron chi connectivity index (χ3n) is 9.50. The van der Waals surface area contributed by atoms with Crippen LogP contribution in [0.1, 0.15) is 0 Å². The van der Waals surface area contributed by atoms with Crippen LogP contribution in [0.25, 0.3) is 99.5 Å². The summed E-state index contributed by atoms with van der Waals surface area (Å²) in [5, 5.41) is 8.95. The minimum Gasteiger partial charge on any atom is -0.455 e. The molecule has 10 rings (SSSR count). The van der Waals surface area contributed by atoms with Crippen molar-refractivity contribution < 1.29 is 4.42 Å². The van der Waals surface area contributed by atoms with Gasteiger partial charge in [0.05, 0.1) is 5.56 Å². The van der Waals surface area contributed by atoms with Crippen LogP contribution in [-0.4, -0.2) is 15.0 Å². The Hall–Kier alpha value is -6.65. The summed E-state index contributed by atoms with van der Waals surface area (Å²) in [5.41, 5.74) is 6.65. The van der Waals surface area contributed by atoms with Gasteiger partial charge in [-0.15, -0.1) is 0 Å². The van der Waals surface area contributed by atoms with E-state index in [1.54, 1.807) is 0 Å². The lowest BCUT2D eigenvalue weighted by atomic mass is 9.94. The first-order valence-electron chi connectivity index (χ1n) is 16.4. The second-order valence-corrected chi connectivity index (χ2v) is 12.4. The fourth-order valence-corrected chi connectivity index (χ4v) is 7.10. The van der Waals surface area contributed by atoms with Crippen molar-refractivity contribution in [2.24, 2.45) is 0 Å². The number of rotatable bonds is 4. The first kappa shape index (κ1) is 27.5. The Kier molecular flexibility index (Phi) is 6.15. The van der Waals surface area contributed by atoms with Crippen molar-refractivity contribution in [1.29, 1.82) is 0 Å². The summed E-state index contributed by atoms with van der Waals surface area (Å²) in [6, 6.07) is 57.0. The number of para-hydroxylation sites is 1. The van der Waals surface area contributed by atoms with Crippen LogP contribution in [0.2, 0.25) is 0 Å². The average Bonchev–Trinajstić information content (AvgIpc) is 3.54. The van der Waals surface area contributed by atoms with Gasteiger partial charge in [0.15, 0.2) is 17.5 Å². The Labute approximate surface area is 282 Å². The topological polar surface area (TPSA) is 51.8 Å². The summed E-state index contributed by atoms with van der Waals surface area (Å²) in [6.45, 7) is 0. The minimum atomic E-state index is 0.568. The summed E-state index contributed by atoms with van der Waals surface area (Å²) in [6.07, 6.45) is 0. The minimum absolute atomic E-state index is 0.568. The molecule has 0 radical (unpaired) electrons. The molecule has 0 fully saturated rings. The van der Waals surface area contributed by atoms with Crippen molar-refractivity contribution in [2.45, 2.75) is 0 Å². The quantitative estimate of drug-likeness (QED) is 0.195. The van der Waals surface area contributed by atoms with Crippen molar-refractivity contribution in [3.05, 3.63) is 164 Å². The Balaban J connectivity index is 1.23. The largest absolute Gasteiger partial charge is 0.455 e. The molecule has 4 heteroatoms. The van der Waals surface area contributed by atoms with E-state index in [2.05, 4.69) is 152 Å². The Morgan fingerprint density at radius 3 is 1.71 bits per heavy atom. The number of hydrogen-bond acceptors (Lipinski definition) is 4. The average molecular weight is 626 g/mol. The third kappa shape index (κ3) is 4.57. The summed E-state index contributed by atoms with van der Waals surface area (Å²) < 4.78 is 6.63. The second kappa shape index (κ2) is 11.0. The van der Waals surface area contributed by atoms with Gasteiger partial charge in [-0.1, -0.05) is 133 Å². The molecule has 0 aliphatic rings. The maximum Gasteiger partial charge on any atom is 0.167 e. The molecule has 0 spiro atoms. The molecule has 228 valence electrons. The zero-order valence-corrected chi connectivity index (χ0v) is 26.3. The van der Waals surface area contributed by atoms with E-state index in [-0.39, 0.29) is 0 Å². The zero-order valence-electron chi connectivity index (χ0n) is 26.3. The third-order valence-corrected chi connectivity index (χ3v) is 9.50. The molecule has 0 saturated carbocycles. The molecule has 0 unspecified atom stereocenters. The zero-order chi connectivity index (χ0) is 32.3. The Morgan fingerprint density at radius 2 is 0.918 bits per heavy atom. The van der Waals surface area contributed by atoms with Gasteiger partial charge in [-0.05, 0) is 73.8 Å². The van der Waals surface area contributed by atoms with Crippen LogP contribution in [0, 0.1) is 0 Å². The van der Waals surface area contributed by atoms with Crippen molar-refractivity contribution >= 4 is 54.3 Å². The van der Waals surface area contributed by atoms with Crippen LogP contribution in [0.3, 0.4) is 0 Å². The molecule has 2 aromatic heterocycles. The van der Waals surface area contributed by atoms with E-state index < -0.39 is 0 Å². The van der Waals surface area contributed by atoms with E-state index in [1.807, 2.05) is 12.1 Å². The van der Waals surface area contributed by atoms with E-state index in [1.165, 1.54) is 21.9 Å². The lowest BCUT2D eigenvalue weighted by Crippen LogP contribution is -2.01. The van der Waals surface area contributed by atoms with Gasteiger partial charge in [0.25, 0.3) is 0 Å². The van der Waals surface area contributed by atoms with Crippen LogP contribution in [-0.2, 0) is 0 Å². The van der Waals surface area contributed by atoms with E-state index in [0.29, 0.717) is 17.5 Å². The predicted molar refractivity (Wildman–Crippen MR) is 201 cm³/mol. The number of nitrogens with zero attached hydrogens (tertiary/aromatic N) is 3. The van der Waals surface area contributed by atoms with Crippen LogP contribution in [0.5, 0.6) is 0 Å². The van der Waals surface area contributed by atoms with Crippen LogP contribution < -0.4 is 0 Å². The first-order chi connectivity index (χ1) is 24.3. The second-order valence-electron chi connectivity index (χ2n) is 12.4. The molecule has 8 aromatic carbocycles. The lowest BCUT2D eigenvalue weighted by molar-refractivity contribution is 0.670. The summed E-state index contributed by atoms with van der Waals surface area (Å²) in [4.78, 5) is 15.5. The van der Waals surface area contributed by atoms with Gasteiger partial charge < -0.3 is 4.42 Å². The number of benzene rings is 8. The van der Waals surface area contributed by atoms with Crippen LogP contribution in [0.4, 0.5) is 0 Å². The van der Waals surface area contributed by atoms with Gasteiger partial charge in [-0.3, -0.25) is 0 Å². The van der Waals surface area contributed by atoms with Gasteiger partial charge >= 0.3 is 0 Å². The Morgan fingerprint density at radius 1 is 0.327 bits per heavy atom. The highest BCUT2D eigenvalue weighted by atomic mass is 16.3. The standard InChI is InChI=1S/C45H27N3O/c1-2-12-29(13-3-1)34-23-24-38(36-18-9-8-17-35(34)36)44-46-43(33-22-21-28-11-4-5-14-30(28)25-33)47-45(48-44)39-20-10-19-37-40-26-31-15-6-7-16-32(31)27-41(40)49-42(37)39/h1-27H. The van der Waals surface area contributed by atoms with Gasteiger partial charge in [0, 0.05) is 21.9 Å². The molecule has 0 bridgehead atoms. The number of hydrogen-bond donors (Lipinski definition) is 0. The van der Waals surface area contributed by atoms with E-state index in [9.17, 15) is 0 Å². The van der Waals surface area contributed by atoms with Crippen molar-refractivity contribution in [3.8, 4) is 45.3 Å². The van der Waals surface area contributed by atoms with E-state index >= 15 is 0 Å². The van der Waals surface area contributed by atoms with Gasteiger partial charge in [0.1, 0.15) is 11.2 Å². The van der Waals surface area contributed by atoms with Crippen molar-refractivity contribution in [2.75, 3.05) is 0 Å². The molecular weight excluding hydrogens is 599 g/mol. The monoisotopic (exact) mass is 625 g/mol. The predicted octanol–water partition coefficient (Wildman–Crippen LogP) is 11.9. The maximum absolute atomic E-state index is 6.63. The molecule has 0 amide bonds. The van der Waals surface area contributed by atoms with E-state index in [0.717, 1.165) is 60.2 Å². The fourth-order valence-electron chi connectivity index (χ4n) is 7.10. The van der Waals surface area contributed by atoms with Crippen LogP contribution >= 0.6 is 0 Å². The molecule has 4 nitrogen and oxygen atoms in total.